The number of halogens is 4. The van der Waals surface area contributed by atoms with Crippen LogP contribution in [0, 0.1) is 0 Å². The van der Waals surface area contributed by atoms with Crippen LogP contribution in [0.15, 0.2) is 48.5 Å². The monoisotopic (exact) mass is 406 g/mol. The molecule has 0 bridgehead atoms. The zero-order valence-corrected chi connectivity index (χ0v) is 16.4. The molecule has 132 valence electrons. The number of rotatable bonds is 8. The van der Waals surface area contributed by atoms with Crippen LogP contribution < -0.4 is 10.6 Å². The molecule has 0 heterocycles. The first-order chi connectivity index (χ1) is 11.7. The zero-order chi connectivity index (χ0) is 17.6. The summed E-state index contributed by atoms with van der Waals surface area (Å²) in [7, 11) is 0. The molecule has 0 saturated carbocycles. The molecule has 0 saturated heterocycles. The lowest BCUT2D eigenvalue weighted by Crippen LogP contribution is -2.01. The normalized spacial score (nSPS) is 9.83. The Hall–Kier alpha value is -0.800. The summed E-state index contributed by atoms with van der Waals surface area (Å²) in [6.45, 7) is 1.82. The van der Waals surface area contributed by atoms with Gasteiger partial charge in [-0.2, -0.15) is 0 Å². The highest BCUT2D eigenvalue weighted by molar-refractivity contribution is 6.30. The number of anilines is 2. The topological polar surface area (TPSA) is 24.1 Å². The molecule has 0 spiro atoms. The van der Waals surface area contributed by atoms with Crippen molar-refractivity contribution in [3.05, 3.63) is 58.6 Å². The Labute approximate surface area is 164 Å². The van der Waals surface area contributed by atoms with Crippen molar-refractivity contribution in [2.75, 3.05) is 35.5 Å². The van der Waals surface area contributed by atoms with E-state index in [0.29, 0.717) is 11.8 Å². The van der Waals surface area contributed by atoms with Gasteiger partial charge < -0.3 is 10.6 Å². The first-order valence-electron chi connectivity index (χ1n) is 7.76. The highest BCUT2D eigenvalue weighted by atomic mass is 35.5. The van der Waals surface area contributed by atoms with Gasteiger partial charge in [-0.25, -0.2) is 0 Å². The quantitative estimate of drug-likeness (QED) is 0.373. The van der Waals surface area contributed by atoms with E-state index in [1.165, 1.54) is 0 Å². The molecule has 0 amide bonds. The molecule has 0 aliphatic carbocycles. The molecule has 24 heavy (non-hydrogen) atoms. The number of alkyl halides is 2. The molecule has 0 aromatic heterocycles. The lowest BCUT2D eigenvalue weighted by atomic mass is 10.3. The standard InChI is InChI=1S/2C9H11Cl2N/c2*10-6-1-7-12-9-4-2-8(11)3-5-9/h2*2-5,12H,1,6-7H2. The van der Waals surface area contributed by atoms with Crippen molar-refractivity contribution in [2.45, 2.75) is 12.8 Å². The summed E-state index contributed by atoms with van der Waals surface area (Å²) < 4.78 is 0. The largest absolute Gasteiger partial charge is 0.385 e. The maximum atomic E-state index is 5.72. The van der Waals surface area contributed by atoms with Crippen LogP contribution in [0.2, 0.25) is 10.0 Å². The van der Waals surface area contributed by atoms with Crippen LogP contribution in [0.25, 0.3) is 0 Å². The summed E-state index contributed by atoms with van der Waals surface area (Å²) in [5, 5.41) is 7.98. The van der Waals surface area contributed by atoms with Crippen molar-refractivity contribution in [1.29, 1.82) is 0 Å². The minimum atomic E-state index is 0.695. The average Bonchev–Trinajstić information content (AvgIpc) is 2.59. The third kappa shape index (κ3) is 10.1. The van der Waals surface area contributed by atoms with Crippen LogP contribution in [0.1, 0.15) is 12.8 Å². The fourth-order valence-electron chi connectivity index (χ4n) is 1.73. The minimum Gasteiger partial charge on any atom is -0.385 e. The summed E-state index contributed by atoms with van der Waals surface area (Å²) in [6, 6.07) is 15.3. The van der Waals surface area contributed by atoms with Gasteiger partial charge >= 0.3 is 0 Å². The van der Waals surface area contributed by atoms with E-state index in [-0.39, 0.29) is 0 Å². The lowest BCUT2D eigenvalue weighted by Gasteiger charge is -2.03. The van der Waals surface area contributed by atoms with Crippen molar-refractivity contribution in [2.24, 2.45) is 0 Å². The molecule has 6 heteroatoms. The number of hydrogen-bond acceptors (Lipinski definition) is 2. The molecule has 0 atom stereocenters. The summed E-state index contributed by atoms with van der Waals surface area (Å²) in [5.41, 5.74) is 2.18. The molecule has 2 rings (SSSR count). The van der Waals surface area contributed by atoms with E-state index < -0.39 is 0 Å². The summed E-state index contributed by atoms with van der Waals surface area (Å²) in [4.78, 5) is 0. The van der Waals surface area contributed by atoms with E-state index in [9.17, 15) is 0 Å². The predicted octanol–water partition coefficient (Wildman–Crippen LogP) is 6.76. The molecule has 2 aromatic rings. The van der Waals surface area contributed by atoms with E-state index in [1.807, 2.05) is 48.5 Å². The second-order valence-corrected chi connectivity index (χ2v) is 6.58. The third-order valence-corrected chi connectivity index (χ3v) is 4.01. The lowest BCUT2D eigenvalue weighted by molar-refractivity contribution is 0.987. The summed E-state index contributed by atoms with van der Waals surface area (Å²) >= 11 is 22.5. The Morgan fingerprint density at radius 2 is 0.917 bits per heavy atom. The van der Waals surface area contributed by atoms with Crippen molar-refractivity contribution < 1.29 is 0 Å². The highest BCUT2D eigenvalue weighted by Crippen LogP contribution is 2.13. The van der Waals surface area contributed by atoms with Gasteiger partial charge in [0.05, 0.1) is 0 Å². The van der Waals surface area contributed by atoms with Crippen molar-refractivity contribution in [3.63, 3.8) is 0 Å². The van der Waals surface area contributed by atoms with E-state index in [4.69, 9.17) is 46.4 Å². The Morgan fingerprint density at radius 1 is 0.583 bits per heavy atom. The Bertz CT molecular complexity index is 492. The maximum absolute atomic E-state index is 5.72. The number of nitrogens with one attached hydrogen (secondary N) is 2. The molecule has 2 N–H and O–H groups in total. The van der Waals surface area contributed by atoms with Gasteiger partial charge in [-0.05, 0) is 61.4 Å². The van der Waals surface area contributed by atoms with Crippen LogP contribution in [0.4, 0.5) is 11.4 Å². The number of hydrogen-bond donors (Lipinski definition) is 2. The van der Waals surface area contributed by atoms with Crippen molar-refractivity contribution in [3.8, 4) is 0 Å². The smallest absolute Gasteiger partial charge is 0.0407 e. The van der Waals surface area contributed by atoms with E-state index in [1.54, 1.807) is 0 Å². The second-order valence-electron chi connectivity index (χ2n) is 4.95. The molecule has 0 unspecified atom stereocenters. The fraction of sp³-hybridized carbons (Fsp3) is 0.333. The summed E-state index contributed by atoms with van der Waals surface area (Å²) in [6.07, 6.45) is 1.95. The van der Waals surface area contributed by atoms with E-state index >= 15 is 0 Å². The molecular weight excluding hydrogens is 386 g/mol. The molecule has 0 fully saturated rings. The molecule has 2 nitrogen and oxygen atoms in total. The fourth-order valence-corrected chi connectivity index (χ4v) is 2.25. The van der Waals surface area contributed by atoms with Gasteiger partial charge in [-0.3, -0.25) is 0 Å². The van der Waals surface area contributed by atoms with Gasteiger partial charge in [-0.15, -0.1) is 23.2 Å². The van der Waals surface area contributed by atoms with Gasteiger partial charge in [0.25, 0.3) is 0 Å². The Kier molecular flexibility index (Phi) is 11.9. The molecule has 0 radical (unpaired) electrons. The predicted molar refractivity (Wildman–Crippen MR) is 111 cm³/mol. The van der Waals surface area contributed by atoms with Gasteiger partial charge in [0.15, 0.2) is 0 Å². The average molecular weight is 408 g/mol. The van der Waals surface area contributed by atoms with Crippen LogP contribution in [0.3, 0.4) is 0 Å². The zero-order valence-electron chi connectivity index (χ0n) is 13.4. The van der Waals surface area contributed by atoms with E-state index in [2.05, 4.69) is 10.6 Å². The summed E-state index contributed by atoms with van der Waals surface area (Å²) in [5.74, 6) is 1.39. The SMILES string of the molecule is ClCCCNc1ccc(Cl)cc1.ClCCCNc1ccc(Cl)cc1. The first kappa shape index (κ1) is 21.2. The van der Waals surface area contributed by atoms with Gasteiger partial charge in [0.2, 0.25) is 0 Å². The van der Waals surface area contributed by atoms with Gasteiger partial charge in [-0.1, -0.05) is 23.2 Å². The van der Waals surface area contributed by atoms with Crippen LogP contribution in [0.5, 0.6) is 0 Å². The highest BCUT2D eigenvalue weighted by Gasteiger charge is 1.91. The van der Waals surface area contributed by atoms with E-state index in [0.717, 1.165) is 47.4 Å². The molecular formula is C18H22Cl4N2. The van der Waals surface area contributed by atoms with Crippen LogP contribution >= 0.6 is 46.4 Å². The maximum Gasteiger partial charge on any atom is 0.0407 e. The number of benzene rings is 2. The van der Waals surface area contributed by atoms with Gasteiger partial charge in [0, 0.05) is 46.3 Å². The second kappa shape index (κ2) is 13.5. The molecule has 2 aromatic carbocycles. The van der Waals surface area contributed by atoms with Crippen LogP contribution in [-0.4, -0.2) is 24.8 Å². The van der Waals surface area contributed by atoms with Crippen molar-refractivity contribution >= 4 is 57.8 Å². The first-order valence-corrected chi connectivity index (χ1v) is 9.59. The Balaban J connectivity index is 0.000000240. The minimum absolute atomic E-state index is 0.695. The molecule has 0 aliphatic heterocycles. The third-order valence-electron chi connectivity index (χ3n) is 2.97. The molecule has 0 aliphatic rings. The Morgan fingerprint density at radius 3 is 1.21 bits per heavy atom. The van der Waals surface area contributed by atoms with Crippen molar-refractivity contribution in [1.82, 2.24) is 0 Å². The van der Waals surface area contributed by atoms with Gasteiger partial charge in [0.1, 0.15) is 0 Å². The van der Waals surface area contributed by atoms with Crippen LogP contribution in [-0.2, 0) is 0 Å².